The summed E-state index contributed by atoms with van der Waals surface area (Å²) in [5, 5.41) is 0.345. The molecule has 2 aliphatic heterocycles. The molecule has 25 heavy (non-hydrogen) atoms. The fourth-order valence-electron chi connectivity index (χ4n) is 3.45. The van der Waals surface area contributed by atoms with Crippen LogP contribution in [0.15, 0.2) is 42.2 Å². The van der Waals surface area contributed by atoms with Crippen LogP contribution in [0.1, 0.15) is 13.8 Å². The standard InChI is InChI=1S/C18H22O6Se/c1-12-14(11-25(20)13-8-6-5-7-9-13)18(24-17(12,2)22-4)15(21-3)10-16(19)23-18/h5-10,12,14H,11H2,1-4H3/t12-,14-,17+,18-,25?/m0/s1. The van der Waals surface area contributed by atoms with E-state index in [9.17, 15) is 8.63 Å². The molecule has 1 aromatic rings. The Hall–Kier alpha value is -1.53. The number of carbonyl (C=O) groups excluding carboxylic acids is 1. The molecule has 136 valence electrons. The van der Waals surface area contributed by atoms with Gasteiger partial charge in [-0.1, -0.05) is 0 Å². The Balaban J connectivity index is 1.97. The van der Waals surface area contributed by atoms with Gasteiger partial charge in [0.05, 0.1) is 0 Å². The normalized spacial score (nSPS) is 35.5. The summed E-state index contributed by atoms with van der Waals surface area (Å²) in [5.74, 6) is -3.12. The van der Waals surface area contributed by atoms with E-state index in [0.29, 0.717) is 11.1 Å². The van der Waals surface area contributed by atoms with E-state index in [1.807, 2.05) is 37.3 Å². The average Bonchev–Trinajstić information content (AvgIpc) is 3.04. The molecule has 0 aromatic heterocycles. The fraction of sp³-hybridized carbons (Fsp3) is 0.500. The summed E-state index contributed by atoms with van der Waals surface area (Å²) >= 11 is -2.37. The van der Waals surface area contributed by atoms with Crippen molar-refractivity contribution in [2.24, 2.45) is 11.8 Å². The van der Waals surface area contributed by atoms with Crippen LogP contribution in [-0.2, 0) is 27.6 Å². The van der Waals surface area contributed by atoms with E-state index in [1.54, 1.807) is 14.0 Å². The summed E-state index contributed by atoms with van der Waals surface area (Å²) in [4.78, 5) is 11.9. The summed E-state index contributed by atoms with van der Waals surface area (Å²) < 4.78 is 36.4. The number of hydrogen-bond donors (Lipinski definition) is 0. The van der Waals surface area contributed by atoms with Gasteiger partial charge in [-0.15, -0.1) is 0 Å². The number of benzene rings is 1. The van der Waals surface area contributed by atoms with Crippen LogP contribution in [0.3, 0.4) is 0 Å². The maximum atomic E-state index is 13.0. The first-order chi connectivity index (χ1) is 11.9. The van der Waals surface area contributed by atoms with Gasteiger partial charge in [-0.2, -0.15) is 0 Å². The number of rotatable bonds is 5. The first-order valence-corrected chi connectivity index (χ1v) is 10.8. The summed E-state index contributed by atoms with van der Waals surface area (Å²) in [6.07, 6.45) is 1.28. The SMILES string of the molecule is COC1=CC(=O)O[C@@]12O[C@@](C)(OC)[C@@H](C)[C@@H]2C[Se](=O)c1ccccc1. The van der Waals surface area contributed by atoms with Crippen molar-refractivity contribution in [3.8, 4) is 0 Å². The van der Waals surface area contributed by atoms with Gasteiger partial charge in [0.2, 0.25) is 0 Å². The molecule has 0 radical (unpaired) electrons. The molecule has 2 heterocycles. The molecule has 0 bridgehead atoms. The van der Waals surface area contributed by atoms with E-state index in [2.05, 4.69) is 0 Å². The van der Waals surface area contributed by atoms with Crippen molar-refractivity contribution in [2.45, 2.75) is 30.7 Å². The van der Waals surface area contributed by atoms with Crippen LogP contribution in [0, 0.1) is 11.8 Å². The van der Waals surface area contributed by atoms with E-state index in [1.165, 1.54) is 13.2 Å². The average molecular weight is 413 g/mol. The van der Waals surface area contributed by atoms with Gasteiger partial charge in [-0.25, -0.2) is 0 Å². The van der Waals surface area contributed by atoms with E-state index in [0.717, 1.165) is 4.46 Å². The zero-order valence-electron chi connectivity index (χ0n) is 14.7. The summed E-state index contributed by atoms with van der Waals surface area (Å²) in [6.45, 7) is 3.74. The predicted octanol–water partition coefficient (Wildman–Crippen LogP) is 1.74. The molecule has 0 saturated carbocycles. The van der Waals surface area contributed by atoms with Crippen LogP contribution in [0.4, 0.5) is 0 Å². The minimum atomic E-state index is -2.37. The van der Waals surface area contributed by atoms with Crippen LogP contribution in [0.25, 0.3) is 0 Å². The summed E-state index contributed by atoms with van der Waals surface area (Å²) in [6, 6.07) is 9.33. The topological polar surface area (TPSA) is 71.1 Å². The summed E-state index contributed by atoms with van der Waals surface area (Å²) in [7, 11) is 3.01. The van der Waals surface area contributed by atoms with Gasteiger partial charge < -0.3 is 0 Å². The van der Waals surface area contributed by atoms with E-state index >= 15 is 0 Å². The Morgan fingerprint density at radius 1 is 1.24 bits per heavy atom. The first-order valence-electron chi connectivity index (χ1n) is 8.04. The van der Waals surface area contributed by atoms with Crippen molar-refractivity contribution in [3.05, 3.63) is 42.2 Å². The zero-order valence-corrected chi connectivity index (χ0v) is 16.4. The van der Waals surface area contributed by atoms with E-state index < -0.39 is 31.4 Å². The number of carbonyl (C=O) groups is 1. The Labute approximate surface area is 151 Å². The molecule has 1 aromatic carbocycles. The molecule has 0 amide bonds. The molecule has 0 N–H and O–H groups in total. The van der Waals surface area contributed by atoms with Gasteiger partial charge in [-0.05, 0) is 0 Å². The molecule has 1 fully saturated rings. The quantitative estimate of drug-likeness (QED) is 0.541. The fourth-order valence-corrected chi connectivity index (χ4v) is 6.57. The third-order valence-electron chi connectivity index (χ3n) is 5.08. The molecule has 1 spiro atoms. The molecule has 0 aliphatic carbocycles. The molecule has 3 rings (SSSR count). The van der Waals surface area contributed by atoms with Crippen LogP contribution in [0.2, 0.25) is 5.32 Å². The second kappa shape index (κ2) is 6.65. The number of ether oxygens (including phenoxy) is 4. The van der Waals surface area contributed by atoms with Crippen LogP contribution >= 0.6 is 0 Å². The number of hydrogen-bond acceptors (Lipinski definition) is 6. The van der Waals surface area contributed by atoms with Crippen LogP contribution < -0.4 is 4.46 Å². The van der Waals surface area contributed by atoms with Crippen molar-refractivity contribution in [1.29, 1.82) is 0 Å². The molecule has 1 saturated heterocycles. The number of methoxy groups -OCH3 is 2. The van der Waals surface area contributed by atoms with Gasteiger partial charge in [0.1, 0.15) is 0 Å². The summed E-state index contributed by atoms with van der Waals surface area (Å²) in [5.41, 5.74) is 0. The Bertz CT molecular complexity index is 718. The Morgan fingerprint density at radius 2 is 1.92 bits per heavy atom. The molecule has 7 heteroatoms. The van der Waals surface area contributed by atoms with Crippen molar-refractivity contribution in [2.75, 3.05) is 14.2 Å². The van der Waals surface area contributed by atoms with Crippen molar-refractivity contribution >= 4 is 24.3 Å². The van der Waals surface area contributed by atoms with Crippen molar-refractivity contribution in [1.82, 2.24) is 0 Å². The first kappa shape index (κ1) is 18.3. The molecule has 1 unspecified atom stereocenters. The second-order valence-electron chi connectivity index (χ2n) is 6.34. The third kappa shape index (κ3) is 2.95. The molecule has 2 aliphatic rings. The zero-order chi connectivity index (χ0) is 18.2. The number of esters is 1. The van der Waals surface area contributed by atoms with Gasteiger partial charge >= 0.3 is 151 Å². The Morgan fingerprint density at radius 3 is 2.52 bits per heavy atom. The maximum absolute atomic E-state index is 13.0. The van der Waals surface area contributed by atoms with Gasteiger partial charge in [-0.3, -0.25) is 0 Å². The van der Waals surface area contributed by atoms with Crippen LogP contribution in [0.5, 0.6) is 0 Å². The van der Waals surface area contributed by atoms with Crippen molar-refractivity contribution in [3.63, 3.8) is 0 Å². The van der Waals surface area contributed by atoms with Crippen molar-refractivity contribution < 1.29 is 27.6 Å². The molecular weight excluding hydrogens is 391 g/mol. The minimum absolute atomic E-state index is 0.161. The third-order valence-corrected chi connectivity index (χ3v) is 8.14. The Kier molecular flexibility index (Phi) is 4.86. The molecular formula is C18H22O6Se. The van der Waals surface area contributed by atoms with E-state index in [-0.39, 0.29) is 11.8 Å². The van der Waals surface area contributed by atoms with Crippen LogP contribution in [-0.4, -0.2) is 45.6 Å². The molecule has 6 nitrogen and oxygen atoms in total. The van der Waals surface area contributed by atoms with Gasteiger partial charge in [0.15, 0.2) is 0 Å². The second-order valence-corrected chi connectivity index (χ2v) is 9.48. The molecule has 5 atom stereocenters. The van der Waals surface area contributed by atoms with Gasteiger partial charge in [0, 0.05) is 0 Å². The van der Waals surface area contributed by atoms with Gasteiger partial charge in [0.25, 0.3) is 0 Å². The monoisotopic (exact) mass is 414 g/mol. The predicted molar refractivity (Wildman–Crippen MR) is 90.4 cm³/mol. The van der Waals surface area contributed by atoms with E-state index in [4.69, 9.17) is 18.9 Å².